The van der Waals surface area contributed by atoms with Crippen LogP contribution in [0.15, 0.2) is 91.0 Å². The molecule has 2 fully saturated rings. The lowest BCUT2D eigenvalue weighted by Crippen LogP contribution is -2.57. The second-order valence-corrected chi connectivity index (χ2v) is 26.0. The Labute approximate surface area is 516 Å². The van der Waals surface area contributed by atoms with E-state index in [0.29, 0.717) is 111 Å². The summed E-state index contributed by atoms with van der Waals surface area (Å²) in [5.74, 6) is 3.48. The number of likely N-dealkylation sites (N-methyl/N-ethyl adjacent to an activating group) is 4. The number of aliphatic hydroxyl groups excluding tert-OH is 1. The molecule has 0 aliphatic carbocycles. The van der Waals surface area contributed by atoms with E-state index in [2.05, 4.69) is 67.6 Å². The number of benzene rings is 5. The highest BCUT2D eigenvalue weighted by atomic mass is 16.5. The quantitative estimate of drug-likeness (QED) is 0.0215. The van der Waals surface area contributed by atoms with Gasteiger partial charge in [-0.25, -0.2) is 0 Å². The number of hydrogen-bond donors (Lipinski definition) is 11. The van der Waals surface area contributed by atoms with E-state index in [1.165, 1.54) is 58.3 Å². The Hall–Kier alpha value is -7.10. The van der Waals surface area contributed by atoms with Crippen LogP contribution in [0.5, 0.6) is 28.7 Å². The van der Waals surface area contributed by atoms with Gasteiger partial charge in [0.05, 0.1) is 103 Å². The largest absolute Gasteiger partial charge is 0.491 e. The van der Waals surface area contributed by atoms with E-state index >= 15 is 0 Å². The molecule has 2 aliphatic heterocycles. The maximum absolute atomic E-state index is 9.79. The first-order chi connectivity index (χ1) is 40.3. The van der Waals surface area contributed by atoms with Crippen LogP contribution in [0.25, 0.3) is 0 Å². The van der Waals surface area contributed by atoms with Crippen molar-refractivity contribution in [1.29, 1.82) is 0 Å². The lowest BCUT2D eigenvalue weighted by molar-refractivity contribution is -0.913. The summed E-state index contributed by atoms with van der Waals surface area (Å²) in [5, 5.41) is 9.79. The number of nitrogen functional groups attached to an aromatic ring is 10. The Kier molecular flexibility index (Phi) is 29.7. The molecule has 0 amide bonds. The first-order valence-corrected chi connectivity index (χ1v) is 30.5. The van der Waals surface area contributed by atoms with Crippen molar-refractivity contribution in [1.82, 2.24) is 4.90 Å². The van der Waals surface area contributed by atoms with Gasteiger partial charge in [0.15, 0.2) is 0 Å². The minimum Gasteiger partial charge on any atom is -0.491 e. The number of nitrogens with two attached hydrogens (primary N) is 10. The molecule has 482 valence electrons. The zero-order chi connectivity index (χ0) is 64.3. The minimum absolute atomic E-state index is 0.226. The number of quaternary nitrogens is 3. The molecule has 1 unspecified atom stereocenters. The van der Waals surface area contributed by atoms with Crippen molar-refractivity contribution in [3.05, 3.63) is 91.0 Å². The van der Waals surface area contributed by atoms with Crippen LogP contribution in [0.2, 0.25) is 0 Å². The number of ether oxygens (including phenoxy) is 5. The van der Waals surface area contributed by atoms with Crippen molar-refractivity contribution >= 4 is 56.9 Å². The van der Waals surface area contributed by atoms with Crippen LogP contribution in [0.1, 0.15) is 86.5 Å². The maximum atomic E-state index is 9.79. The number of piperazine rings is 1. The zero-order valence-electron chi connectivity index (χ0n) is 54.6. The van der Waals surface area contributed by atoms with Gasteiger partial charge in [0.1, 0.15) is 74.3 Å². The standard InChI is InChI=1S/C15H26N2O.C14H25N4O.C13H22N3O.C12H22N3O2.C12H20N2O/c1-4-15(5-2,6-3)9-10-18-14-8-7-12(16)11-13(14)17;1-17-5-7-18(2,8-6-17)9-10-19-14-4-3-12(15)11-13(14)16;1-16(6-2-3-7-16)8-9-17-13-5-4-11(14)10-12(13)15;1-15(2,3)7-10(16)8-17-12-5-4-9(13)6-11(12)14;1-12(2,3)6-7-15-11-5-4-9(13)8-10(11)14/h7-8,11H,4-6,9-10,16-17H2,1-3H3;3-4,11H,5-10,15-16H2,1-2H3;4-5,10H,2-3,6-9,14-15H2,1H3;4-6,10,16H,7-8,13-14H2,1-3H3;4-5,8H,6-7,13-14H2,1-3H3/q;3*+1;. The third-order valence-corrected chi connectivity index (χ3v) is 16.1. The summed E-state index contributed by atoms with van der Waals surface area (Å²) in [7, 11) is 12.8. The monoisotopic (exact) mass is 1200 g/mol. The average Bonchev–Trinajstić information content (AvgIpc) is 3.98. The van der Waals surface area contributed by atoms with Gasteiger partial charge in [-0.15, -0.1) is 0 Å². The molecule has 0 aromatic heterocycles. The van der Waals surface area contributed by atoms with E-state index in [-0.39, 0.29) is 12.0 Å². The highest BCUT2D eigenvalue weighted by Gasteiger charge is 2.28. The van der Waals surface area contributed by atoms with Gasteiger partial charge < -0.3 is 99.6 Å². The fourth-order valence-corrected chi connectivity index (χ4v) is 9.83. The number of anilines is 10. The summed E-state index contributed by atoms with van der Waals surface area (Å²) in [6.07, 6.45) is 7.80. The van der Waals surface area contributed by atoms with Crippen molar-refractivity contribution < 1.29 is 42.2 Å². The molecule has 1 atom stereocenters. The van der Waals surface area contributed by atoms with Crippen molar-refractivity contribution in [2.75, 3.05) is 192 Å². The normalized spacial score (nSPS) is 14.9. The molecule has 21 N–H and O–H groups in total. The second-order valence-electron chi connectivity index (χ2n) is 26.0. The Morgan fingerprint density at radius 2 is 0.779 bits per heavy atom. The topological polar surface area (TPSA) is 330 Å². The van der Waals surface area contributed by atoms with E-state index in [1.54, 1.807) is 48.5 Å². The number of hydrogen-bond acceptors (Lipinski definition) is 17. The SMILES string of the molecule is CC(C)(C)CCOc1ccc(N)cc1N.CCC(CC)(CC)CCOc1ccc(N)cc1N.CN1CC[N+](C)(CCOc2ccc(N)cc2N)CC1.C[N+](C)(C)CC(O)COc1ccc(N)cc1N.C[N+]1(CCOc2ccc(N)cc2N)CCCC1. The predicted molar refractivity (Wildman–Crippen MR) is 363 cm³/mol. The third-order valence-electron chi connectivity index (χ3n) is 16.1. The van der Waals surface area contributed by atoms with Gasteiger partial charge in [0.25, 0.3) is 0 Å². The van der Waals surface area contributed by atoms with Gasteiger partial charge in [0, 0.05) is 54.4 Å². The minimum atomic E-state index is -0.521. The summed E-state index contributed by atoms with van der Waals surface area (Å²) in [5.41, 5.74) is 64.1. The second kappa shape index (κ2) is 34.9. The van der Waals surface area contributed by atoms with Crippen molar-refractivity contribution in [3.8, 4) is 28.7 Å². The first-order valence-electron chi connectivity index (χ1n) is 30.5. The lowest BCUT2D eigenvalue weighted by atomic mass is 9.77. The van der Waals surface area contributed by atoms with Gasteiger partial charge in [-0.2, -0.15) is 0 Å². The summed E-state index contributed by atoms with van der Waals surface area (Å²) < 4.78 is 31.2. The summed E-state index contributed by atoms with van der Waals surface area (Å²) in [6, 6.07) is 26.6. The number of likely N-dealkylation sites (tertiary alicyclic amines) is 1. The van der Waals surface area contributed by atoms with Crippen LogP contribution in [-0.4, -0.2) is 164 Å². The third kappa shape index (κ3) is 27.9. The zero-order valence-corrected chi connectivity index (χ0v) is 54.6. The van der Waals surface area contributed by atoms with Crippen molar-refractivity contribution in [2.45, 2.75) is 92.6 Å². The molecular formula is C66H115N14O6+3. The van der Waals surface area contributed by atoms with Crippen LogP contribution < -0.4 is 81.0 Å². The molecule has 5 aromatic rings. The van der Waals surface area contributed by atoms with Crippen LogP contribution >= 0.6 is 0 Å². The fourth-order valence-electron chi connectivity index (χ4n) is 9.83. The predicted octanol–water partition coefficient (Wildman–Crippen LogP) is 8.89. The molecule has 0 bridgehead atoms. The van der Waals surface area contributed by atoms with E-state index in [1.807, 2.05) is 63.6 Å². The molecule has 2 saturated heterocycles. The number of aliphatic hydroxyl groups is 1. The van der Waals surface area contributed by atoms with Crippen LogP contribution in [0.4, 0.5) is 56.9 Å². The van der Waals surface area contributed by atoms with Gasteiger partial charge in [0.2, 0.25) is 0 Å². The molecule has 5 aromatic carbocycles. The molecule has 20 heteroatoms. The number of rotatable bonds is 23. The van der Waals surface area contributed by atoms with Crippen molar-refractivity contribution in [3.63, 3.8) is 0 Å². The first kappa shape index (κ1) is 73.2. The highest BCUT2D eigenvalue weighted by molar-refractivity contribution is 5.63. The Bertz CT molecular complexity index is 2740. The van der Waals surface area contributed by atoms with Gasteiger partial charge >= 0.3 is 0 Å². The van der Waals surface area contributed by atoms with Gasteiger partial charge in [-0.1, -0.05) is 60.8 Å². The van der Waals surface area contributed by atoms with E-state index in [4.69, 9.17) is 81.0 Å². The summed E-state index contributed by atoms with van der Waals surface area (Å²) in [4.78, 5) is 2.37. The number of nitrogens with zero attached hydrogens (tertiary/aromatic N) is 4. The highest BCUT2D eigenvalue weighted by Crippen LogP contribution is 2.35. The van der Waals surface area contributed by atoms with Crippen LogP contribution in [-0.2, 0) is 0 Å². The molecule has 0 saturated carbocycles. The van der Waals surface area contributed by atoms with E-state index in [0.717, 1.165) is 65.2 Å². The molecule has 0 spiro atoms. The Morgan fingerprint density at radius 3 is 1.08 bits per heavy atom. The molecule has 0 radical (unpaired) electrons. The van der Waals surface area contributed by atoms with Crippen LogP contribution in [0, 0.1) is 10.8 Å². The molecule has 2 aliphatic rings. The van der Waals surface area contributed by atoms with Gasteiger partial charge in [-0.3, -0.25) is 4.90 Å². The summed E-state index contributed by atoms with van der Waals surface area (Å²) in [6.45, 7) is 26.2. The molecule has 7 rings (SSSR count). The fraction of sp³-hybridized carbons (Fsp3) is 0.545. The van der Waals surface area contributed by atoms with E-state index < -0.39 is 6.10 Å². The molecule has 2 heterocycles. The smallest absolute Gasteiger partial charge is 0.142 e. The summed E-state index contributed by atoms with van der Waals surface area (Å²) >= 11 is 0. The molecular weight excluding hydrogens is 1080 g/mol. The maximum Gasteiger partial charge on any atom is 0.142 e. The Morgan fingerprint density at radius 1 is 0.477 bits per heavy atom. The van der Waals surface area contributed by atoms with Gasteiger partial charge in [-0.05, 0) is 122 Å². The lowest BCUT2D eigenvalue weighted by Gasteiger charge is -2.40. The Balaban J connectivity index is 0.000000282. The molecule has 20 nitrogen and oxygen atoms in total. The molecule has 86 heavy (non-hydrogen) atoms. The van der Waals surface area contributed by atoms with Crippen molar-refractivity contribution in [2.24, 2.45) is 10.8 Å². The van der Waals surface area contributed by atoms with E-state index in [9.17, 15) is 5.11 Å². The van der Waals surface area contributed by atoms with Crippen LogP contribution in [0.3, 0.4) is 0 Å². The average molecular weight is 1200 g/mol.